The Morgan fingerprint density at radius 1 is 1.33 bits per heavy atom. The van der Waals surface area contributed by atoms with Gasteiger partial charge in [0.05, 0.1) is 0 Å². The third-order valence-electron chi connectivity index (χ3n) is 3.17. The van der Waals surface area contributed by atoms with E-state index < -0.39 is 0 Å². The predicted octanol–water partition coefficient (Wildman–Crippen LogP) is 2.57. The average Bonchev–Trinajstić information content (AvgIpc) is 2.30. The standard InChI is InChI=1S/C13H20N2/c1-3-14-12-9-10-15(4-2)13-8-6-5-7-11(12)13/h5-8,12,14H,3-4,9-10H2,1-2H3. The number of hydrogen-bond donors (Lipinski definition) is 1. The summed E-state index contributed by atoms with van der Waals surface area (Å²) >= 11 is 0. The van der Waals surface area contributed by atoms with E-state index in [2.05, 4.69) is 48.3 Å². The van der Waals surface area contributed by atoms with Crippen molar-refractivity contribution >= 4 is 5.69 Å². The summed E-state index contributed by atoms with van der Waals surface area (Å²) in [5.41, 5.74) is 2.88. The van der Waals surface area contributed by atoms with Crippen LogP contribution in [-0.4, -0.2) is 19.6 Å². The molecule has 0 bridgehead atoms. The number of nitrogens with one attached hydrogen (secondary N) is 1. The van der Waals surface area contributed by atoms with Crippen molar-refractivity contribution in [1.29, 1.82) is 0 Å². The van der Waals surface area contributed by atoms with Crippen LogP contribution in [0.1, 0.15) is 31.9 Å². The first-order chi connectivity index (χ1) is 7.36. The maximum absolute atomic E-state index is 3.56. The molecule has 0 aliphatic carbocycles. The van der Waals surface area contributed by atoms with Gasteiger partial charge in [0.1, 0.15) is 0 Å². The van der Waals surface area contributed by atoms with Crippen LogP contribution >= 0.6 is 0 Å². The molecule has 0 fully saturated rings. The molecule has 1 atom stereocenters. The molecule has 0 amide bonds. The average molecular weight is 204 g/mol. The molecular formula is C13H20N2. The lowest BCUT2D eigenvalue weighted by Crippen LogP contribution is -2.35. The molecule has 2 nitrogen and oxygen atoms in total. The van der Waals surface area contributed by atoms with Crippen LogP contribution in [0, 0.1) is 0 Å². The van der Waals surface area contributed by atoms with Gasteiger partial charge in [-0.1, -0.05) is 25.1 Å². The SMILES string of the molecule is CCNC1CCN(CC)c2ccccc21. The van der Waals surface area contributed by atoms with Gasteiger partial charge in [-0.2, -0.15) is 0 Å². The van der Waals surface area contributed by atoms with Crippen LogP contribution in [-0.2, 0) is 0 Å². The van der Waals surface area contributed by atoms with E-state index in [1.165, 1.54) is 24.2 Å². The second-order valence-electron chi connectivity index (χ2n) is 4.04. The monoisotopic (exact) mass is 204 g/mol. The molecule has 1 aromatic carbocycles. The van der Waals surface area contributed by atoms with Gasteiger partial charge in [0, 0.05) is 24.8 Å². The van der Waals surface area contributed by atoms with Gasteiger partial charge in [0.2, 0.25) is 0 Å². The minimum Gasteiger partial charge on any atom is -0.371 e. The number of rotatable bonds is 3. The molecule has 1 unspecified atom stereocenters. The second-order valence-corrected chi connectivity index (χ2v) is 4.04. The van der Waals surface area contributed by atoms with Gasteiger partial charge in [-0.05, 0) is 31.5 Å². The van der Waals surface area contributed by atoms with Crippen molar-refractivity contribution < 1.29 is 0 Å². The first-order valence-corrected chi connectivity index (χ1v) is 5.94. The fourth-order valence-electron chi connectivity index (χ4n) is 2.42. The van der Waals surface area contributed by atoms with Crippen LogP contribution < -0.4 is 10.2 Å². The molecule has 1 heterocycles. The smallest absolute Gasteiger partial charge is 0.0414 e. The summed E-state index contributed by atoms with van der Waals surface area (Å²) in [6.07, 6.45) is 1.22. The largest absolute Gasteiger partial charge is 0.371 e. The summed E-state index contributed by atoms with van der Waals surface area (Å²) in [6, 6.07) is 9.32. The Labute approximate surface area is 92.3 Å². The van der Waals surface area contributed by atoms with E-state index in [-0.39, 0.29) is 0 Å². The lowest BCUT2D eigenvalue weighted by atomic mass is 9.96. The van der Waals surface area contributed by atoms with E-state index >= 15 is 0 Å². The molecular weight excluding hydrogens is 184 g/mol. The van der Waals surface area contributed by atoms with Gasteiger partial charge < -0.3 is 10.2 Å². The molecule has 0 saturated heterocycles. The van der Waals surface area contributed by atoms with E-state index in [4.69, 9.17) is 0 Å². The van der Waals surface area contributed by atoms with Crippen LogP contribution in [0.25, 0.3) is 0 Å². The predicted molar refractivity (Wildman–Crippen MR) is 65.4 cm³/mol. The van der Waals surface area contributed by atoms with E-state index in [1.54, 1.807) is 0 Å². The number of benzene rings is 1. The molecule has 2 heteroatoms. The normalized spacial score (nSPS) is 20.1. The van der Waals surface area contributed by atoms with E-state index in [9.17, 15) is 0 Å². The van der Waals surface area contributed by atoms with Crippen LogP contribution in [0.3, 0.4) is 0 Å². The summed E-state index contributed by atoms with van der Waals surface area (Å²) < 4.78 is 0. The Balaban J connectivity index is 2.30. The lowest BCUT2D eigenvalue weighted by molar-refractivity contribution is 0.493. The fourth-order valence-corrected chi connectivity index (χ4v) is 2.42. The maximum atomic E-state index is 3.56. The Hall–Kier alpha value is -1.02. The zero-order chi connectivity index (χ0) is 10.7. The van der Waals surface area contributed by atoms with Crippen LogP contribution in [0.5, 0.6) is 0 Å². The summed E-state index contributed by atoms with van der Waals surface area (Å²) in [5.74, 6) is 0. The second kappa shape index (κ2) is 4.67. The van der Waals surface area contributed by atoms with Crippen LogP contribution in [0.15, 0.2) is 24.3 Å². The molecule has 1 aliphatic rings. The summed E-state index contributed by atoms with van der Waals surface area (Å²) in [7, 11) is 0. The van der Waals surface area contributed by atoms with E-state index in [1.807, 2.05) is 0 Å². The number of fused-ring (bicyclic) bond motifs is 1. The number of para-hydroxylation sites is 1. The highest BCUT2D eigenvalue weighted by Gasteiger charge is 2.22. The maximum Gasteiger partial charge on any atom is 0.0414 e. The molecule has 1 N–H and O–H groups in total. The van der Waals surface area contributed by atoms with E-state index in [0.29, 0.717) is 6.04 Å². The quantitative estimate of drug-likeness (QED) is 0.814. The highest BCUT2D eigenvalue weighted by Crippen LogP contribution is 2.33. The topological polar surface area (TPSA) is 15.3 Å². The molecule has 0 saturated carbocycles. The Morgan fingerprint density at radius 2 is 2.13 bits per heavy atom. The summed E-state index contributed by atoms with van der Waals surface area (Å²) in [5, 5.41) is 3.56. The third-order valence-corrected chi connectivity index (χ3v) is 3.17. The first kappa shape index (κ1) is 10.5. The van der Waals surface area contributed by atoms with Gasteiger partial charge in [-0.15, -0.1) is 0 Å². The fraction of sp³-hybridized carbons (Fsp3) is 0.538. The number of hydrogen-bond acceptors (Lipinski definition) is 2. The van der Waals surface area contributed by atoms with Crippen molar-refractivity contribution in [1.82, 2.24) is 5.32 Å². The number of anilines is 1. The molecule has 1 aromatic rings. The van der Waals surface area contributed by atoms with Crippen LogP contribution in [0.4, 0.5) is 5.69 Å². The Bertz CT molecular complexity index is 322. The van der Waals surface area contributed by atoms with Gasteiger partial charge in [-0.25, -0.2) is 0 Å². The minimum absolute atomic E-state index is 0.550. The van der Waals surface area contributed by atoms with Gasteiger partial charge >= 0.3 is 0 Å². The number of nitrogens with zero attached hydrogens (tertiary/aromatic N) is 1. The molecule has 1 aliphatic heterocycles. The van der Waals surface area contributed by atoms with Crippen molar-refractivity contribution in [2.24, 2.45) is 0 Å². The summed E-state index contributed by atoms with van der Waals surface area (Å²) in [4.78, 5) is 2.46. The van der Waals surface area contributed by atoms with Gasteiger partial charge in [-0.3, -0.25) is 0 Å². The van der Waals surface area contributed by atoms with Gasteiger partial charge in [0.15, 0.2) is 0 Å². The van der Waals surface area contributed by atoms with Crippen molar-refractivity contribution in [3.63, 3.8) is 0 Å². The van der Waals surface area contributed by atoms with E-state index in [0.717, 1.165) is 13.1 Å². The Morgan fingerprint density at radius 3 is 2.87 bits per heavy atom. The molecule has 0 radical (unpaired) electrons. The molecule has 82 valence electrons. The van der Waals surface area contributed by atoms with Crippen molar-refractivity contribution in [3.05, 3.63) is 29.8 Å². The molecule has 15 heavy (non-hydrogen) atoms. The molecule has 2 rings (SSSR count). The van der Waals surface area contributed by atoms with Gasteiger partial charge in [0.25, 0.3) is 0 Å². The first-order valence-electron chi connectivity index (χ1n) is 5.94. The highest BCUT2D eigenvalue weighted by atomic mass is 15.1. The van der Waals surface area contributed by atoms with Crippen LogP contribution in [0.2, 0.25) is 0 Å². The Kier molecular flexibility index (Phi) is 3.27. The van der Waals surface area contributed by atoms with Crippen molar-refractivity contribution in [3.8, 4) is 0 Å². The summed E-state index contributed by atoms with van der Waals surface area (Å²) in [6.45, 7) is 7.73. The zero-order valence-corrected chi connectivity index (χ0v) is 9.66. The molecule has 0 aromatic heterocycles. The van der Waals surface area contributed by atoms with Crippen molar-refractivity contribution in [2.75, 3.05) is 24.5 Å². The zero-order valence-electron chi connectivity index (χ0n) is 9.66. The highest BCUT2D eigenvalue weighted by molar-refractivity contribution is 5.56. The third kappa shape index (κ3) is 2.00. The molecule has 0 spiro atoms. The minimum atomic E-state index is 0.550. The van der Waals surface area contributed by atoms with Crippen molar-refractivity contribution in [2.45, 2.75) is 26.3 Å². The lowest BCUT2D eigenvalue weighted by Gasteiger charge is -2.35.